The standard InChI is InChI=1S/C15H18N2/c1-11-3-4-13(7-12(11)2)14-5-6-15-8-16-10-17(15)9-14/h3-4,7-8,10,14H,5-6,9H2,1-2H3. The maximum atomic E-state index is 4.23. The number of rotatable bonds is 1. The molecule has 1 atom stereocenters. The van der Waals surface area contributed by atoms with Crippen molar-refractivity contribution in [3.05, 3.63) is 53.1 Å². The van der Waals surface area contributed by atoms with Gasteiger partial charge in [0, 0.05) is 24.4 Å². The molecule has 0 bridgehead atoms. The first kappa shape index (κ1) is 10.6. The summed E-state index contributed by atoms with van der Waals surface area (Å²) >= 11 is 0. The van der Waals surface area contributed by atoms with Crippen LogP contribution >= 0.6 is 0 Å². The van der Waals surface area contributed by atoms with Crippen LogP contribution in [0.2, 0.25) is 0 Å². The zero-order chi connectivity index (χ0) is 11.8. The van der Waals surface area contributed by atoms with Gasteiger partial charge in [-0.3, -0.25) is 0 Å². The van der Waals surface area contributed by atoms with E-state index in [2.05, 4.69) is 41.6 Å². The highest BCUT2D eigenvalue weighted by atomic mass is 15.1. The third-order valence-corrected chi connectivity index (χ3v) is 3.97. The lowest BCUT2D eigenvalue weighted by molar-refractivity contribution is 0.463. The highest BCUT2D eigenvalue weighted by molar-refractivity contribution is 5.32. The number of benzene rings is 1. The Morgan fingerprint density at radius 2 is 2.12 bits per heavy atom. The molecule has 1 unspecified atom stereocenters. The monoisotopic (exact) mass is 226 g/mol. The minimum atomic E-state index is 0.649. The van der Waals surface area contributed by atoms with Crippen LogP contribution in [0, 0.1) is 13.8 Å². The van der Waals surface area contributed by atoms with E-state index in [0.29, 0.717) is 5.92 Å². The number of aromatic nitrogens is 2. The van der Waals surface area contributed by atoms with Gasteiger partial charge in [-0.25, -0.2) is 4.98 Å². The molecule has 1 aliphatic heterocycles. The number of nitrogens with zero attached hydrogens (tertiary/aromatic N) is 2. The van der Waals surface area contributed by atoms with E-state index in [1.54, 1.807) is 0 Å². The molecule has 17 heavy (non-hydrogen) atoms. The van der Waals surface area contributed by atoms with Crippen molar-refractivity contribution < 1.29 is 0 Å². The summed E-state index contributed by atoms with van der Waals surface area (Å²) in [6, 6.07) is 6.88. The van der Waals surface area contributed by atoms with E-state index in [-0.39, 0.29) is 0 Å². The van der Waals surface area contributed by atoms with Crippen LogP contribution in [0.3, 0.4) is 0 Å². The Morgan fingerprint density at radius 1 is 1.24 bits per heavy atom. The second-order valence-electron chi connectivity index (χ2n) is 5.12. The highest BCUT2D eigenvalue weighted by Crippen LogP contribution is 2.29. The molecule has 2 nitrogen and oxygen atoms in total. The summed E-state index contributed by atoms with van der Waals surface area (Å²) in [5.41, 5.74) is 5.64. The Bertz CT molecular complexity index is 540. The van der Waals surface area contributed by atoms with Crippen LogP contribution in [-0.4, -0.2) is 9.55 Å². The molecule has 0 N–H and O–H groups in total. The van der Waals surface area contributed by atoms with E-state index in [0.717, 1.165) is 13.0 Å². The minimum absolute atomic E-state index is 0.649. The minimum Gasteiger partial charge on any atom is -0.334 e. The summed E-state index contributed by atoms with van der Waals surface area (Å²) in [5.74, 6) is 0.649. The topological polar surface area (TPSA) is 17.8 Å². The van der Waals surface area contributed by atoms with Crippen LogP contribution in [0.4, 0.5) is 0 Å². The van der Waals surface area contributed by atoms with Crippen LogP contribution in [0.25, 0.3) is 0 Å². The van der Waals surface area contributed by atoms with Crippen LogP contribution in [-0.2, 0) is 13.0 Å². The van der Waals surface area contributed by atoms with E-state index in [9.17, 15) is 0 Å². The summed E-state index contributed by atoms with van der Waals surface area (Å²) in [6.07, 6.45) is 6.35. The fourth-order valence-corrected chi connectivity index (χ4v) is 2.66. The van der Waals surface area contributed by atoms with Crippen LogP contribution in [0.5, 0.6) is 0 Å². The molecule has 1 aromatic carbocycles. The van der Waals surface area contributed by atoms with Gasteiger partial charge in [-0.2, -0.15) is 0 Å². The van der Waals surface area contributed by atoms with E-state index in [4.69, 9.17) is 0 Å². The van der Waals surface area contributed by atoms with Gasteiger partial charge in [0.15, 0.2) is 0 Å². The predicted octanol–water partition coefficient (Wildman–Crippen LogP) is 3.23. The van der Waals surface area contributed by atoms with Crippen molar-refractivity contribution in [2.45, 2.75) is 39.2 Å². The Hall–Kier alpha value is -1.57. The average molecular weight is 226 g/mol. The molecule has 0 amide bonds. The van der Waals surface area contributed by atoms with Crippen molar-refractivity contribution >= 4 is 0 Å². The molecular formula is C15H18N2. The maximum Gasteiger partial charge on any atom is 0.0948 e. The first-order chi connectivity index (χ1) is 8.24. The normalized spacial score (nSPS) is 19.1. The van der Waals surface area contributed by atoms with Gasteiger partial charge in [0.2, 0.25) is 0 Å². The Balaban J connectivity index is 1.89. The second-order valence-corrected chi connectivity index (χ2v) is 5.12. The molecule has 0 aliphatic carbocycles. The van der Waals surface area contributed by atoms with Crippen molar-refractivity contribution in [2.24, 2.45) is 0 Å². The van der Waals surface area contributed by atoms with Gasteiger partial charge in [-0.15, -0.1) is 0 Å². The first-order valence-electron chi connectivity index (χ1n) is 6.30. The molecule has 2 heterocycles. The van der Waals surface area contributed by atoms with Crippen molar-refractivity contribution in [1.82, 2.24) is 9.55 Å². The molecule has 0 spiro atoms. The van der Waals surface area contributed by atoms with Gasteiger partial charge in [0.25, 0.3) is 0 Å². The van der Waals surface area contributed by atoms with Crippen LogP contribution < -0.4 is 0 Å². The summed E-state index contributed by atoms with van der Waals surface area (Å²) in [4.78, 5) is 4.23. The Morgan fingerprint density at radius 3 is 2.94 bits per heavy atom. The van der Waals surface area contributed by atoms with Gasteiger partial charge in [0.05, 0.1) is 6.33 Å². The average Bonchev–Trinajstić information content (AvgIpc) is 2.79. The zero-order valence-electron chi connectivity index (χ0n) is 10.5. The molecule has 0 radical (unpaired) electrons. The van der Waals surface area contributed by atoms with Gasteiger partial charge in [0.1, 0.15) is 0 Å². The molecule has 3 rings (SSSR count). The number of aryl methyl sites for hydroxylation is 3. The summed E-state index contributed by atoms with van der Waals surface area (Å²) < 4.78 is 2.29. The van der Waals surface area contributed by atoms with E-state index in [1.807, 2.05) is 12.5 Å². The van der Waals surface area contributed by atoms with Gasteiger partial charge < -0.3 is 4.57 Å². The van der Waals surface area contributed by atoms with Crippen LogP contribution in [0.15, 0.2) is 30.7 Å². The lowest BCUT2D eigenvalue weighted by Crippen LogP contribution is -2.17. The maximum absolute atomic E-state index is 4.23. The smallest absolute Gasteiger partial charge is 0.0948 e. The third-order valence-electron chi connectivity index (χ3n) is 3.97. The number of fused-ring (bicyclic) bond motifs is 1. The fourth-order valence-electron chi connectivity index (χ4n) is 2.66. The lowest BCUT2D eigenvalue weighted by atomic mass is 9.89. The summed E-state index contributed by atoms with van der Waals surface area (Å²) in [5, 5.41) is 0. The first-order valence-corrected chi connectivity index (χ1v) is 6.30. The summed E-state index contributed by atoms with van der Waals surface area (Å²) in [7, 11) is 0. The quantitative estimate of drug-likeness (QED) is 0.730. The zero-order valence-corrected chi connectivity index (χ0v) is 10.5. The van der Waals surface area contributed by atoms with E-state index in [1.165, 1.54) is 28.8 Å². The predicted molar refractivity (Wildman–Crippen MR) is 69.2 cm³/mol. The molecule has 1 aliphatic rings. The second kappa shape index (κ2) is 4.02. The van der Waals surface area contributed by atoms with Gasteiger partial charge in [-0.1, -0.05) is 18.2 Å². The Labute approximate surface area is 102 Å². The van der Waals surface area contributed by atoms with Crippen molar-refractivity contribution in [3.63, 3.8) is 0 Å². The van der Waals surface area contributed by atoms with Crippen molar-refractivity contribution in [3.8, 4) is 0 Å². The summed E-state index contributed by atoms with van der Waals surface area (Å²) in [6.45, 7) is 5.45. The largest absolute Gasteiger partial charge is 0.334 e. The Kier molecular flexibility index (Phi) is 2.50. The van der Waals surface area contributed by atoms with Crippen molar-refractivity contribution in [1.29, 1.82) is 0 Å². The number of hydrogen-bond donors (Lipinski definition) is 0. The molecule has 1 aromatic heterocycles. The SMILES string of the molecule is Cc1ccc(C2CCc3cncn3C2)cc1C. The number of hydrogen-bond acceptors (Lipinski definition) is 1. The van der Waals surface area contributed by atoms with Crippen LogP contribution in [0.1, 0.15) is 34.7 Å². The molecule has 2 heteroatoms. The molecule has 0 saturated heterocycles. The molecule has 0 fully saturated rings. The van der Waals surface area contributed by atoms with Gasteiger partial charge in [-0.05, 0) is 43.4 Å². The molecular weight excluding hydrogens is 208 g/mol. The lowest BCUT2D eigenvalue weighted by Gasteiger charge is -2.25. The third kappa shape index (κ3) is 1.88. The van der Waals surface area contributed by atoms with Crippen molar-refractivity contribution in [2.75, 3.05) is 0 Å². The highest BCUT2D eigenvalue weighted by Gasteiger charge is 2.19. The van der Waals surface area contributed by atoms with E-state index >= 15 is 0 Å². The van der Waals surface area contributed by atoms with E-state index < -0.39 is 0 Å². The molecule has 2 aromatic rings. The molecule has 0 saturated carbocycles. The van der Waals surface area contributed by atoms with Gasteiger partial charge >= 0.3 is 0 Å². The number of imidazole rings is 1. The fraction of sp³-hybridized carbons (Fsp3) is 0.400. The molecule has 88 valence electrons.